The summed E-state index contributed by atoms with van der Waals surface area (Å²) in [6, 6.07) is 19.0. The van der Waals surface area contributed by atoms with E-state index < -0.39 is 28.5 Å². The van der Waals surface area contributed by atoms with Crippen LogP contribution in [0.15, 0.2) is 77.7 Å². The average molecular weight is 586 g/mol. The molecule has 8 nitrogen and oxygen atoms in total. The molecule has 0 spiro atoms. The summed E-state index contributed by atoms with van der Waals surface area (Å²) in [6.07, 6.45) is 0.336. The molecule has 0 bridgehead atoms. The van der Waals surface area contributed by atoms with Crippen LogP contribution in [-0.4, -0.2) is 50.9 Å². The van der Waals surface area contributed by atoms with Gasteiger partial charge in [-0.2, -0.15) is 0 Å². The number of methoxy groups -OCH3 is 1. The summed E-state index contributed by atoms with van der Waals surface area (Å²) in [5.41, 5.74) is 1.91. The fourth-order valence-corrected chi connectivity index (χ4v) is 5.85. The number of halogens is 1. The molecule has 1 unspecified atom stereocenters. The normalized spacial score (nSPS) is 12.1. The second-order valence-corrected chi connectivity index (χ2v) is 12.1. The Labute approximate surface area is 241 Å². The fourth-order valence-electron chi connectivity index (χ4n) is 4.31. The van der Waals surface area contributed by atoms with E-state index in [2.05, 4.69) is 5.32 Å². The van der Waals surface area contributed by atoms with Crippen LogP contribution < -0.4 is 14.4 Å². The van der Waals surface area contributed by atoms with Gasteiger partial charge in [-0.1, -0.05) is 42.8 Å². The molecule has 3 aromatic rings. The molecule has 0 saturated carbocycles. The van der Waals surface area contributed by atoms with Crippen molar-refractivity contribution in [1.82, 2.24) is 10.2 Å². The summed E-state index contributed by atoms with van der Waals surface area (Å²) in [4.78, 5) is 28.7. The molecule has 40 heavy (non-hydrogen) atoms. The Bertz CT molecular complexity index is 1430. The van der Waals surface area contributed by atoms with Crippen LogP contribution in [0.4, 0.5) is 5.69 Å². The van der Waals surface area contributed by atoms with Crippen molar-refractivity contribution < 1.29 is 22.7 Å². The van der Waals surface area contributed by atoms with Crippen LogP contribution >= 0.6 is 11.6 Å². The van der Waals surface area contributed by atoms with Crippen LogP contribution in [0.1, 0.15) is 38.3 Å². The predicted octanol–water partition coefficient (Wildman–Crippen LogP) is 5.18. The number of sulfonamides is 1. The number of carbonyl (C=O) groups excluding carboxylic acids is 2. The molecule has 214 valence electrons. The van der Waals surface area contributed by atoms with E-state index in [0.29, 0.717) is 22.9 Å². The minimum absolute atomic E-state index is 0.00450. The monoisotopic (exact) mass is 585 g/mol. The van der Waals surface area contributed by atoms with E-state index in [1.54, 1.807) is 43.5 Å². The third-order valence-electron chi connectivity index (χ3n) is 6.27. The molecule has 0 fully saturated rings. The Balaban J connectivity index is 2.07. The first-order chi connectivity index (χ1) is 19.0. The number of carbonyl (C=O) groups is 2. The molecule has 1 atom stereocenters. The van der Waals surface area contributed by atoms with Gasteiger partial charge in [0.25, 0.3) is 10.0 Å². The Morgan fingerprint density at radius 1 is 1.00 bits per heavy atom. The van der Waals surface area contributed by atoms with Gasteiger partial charge in [-0.05, 0) is 86.8 Å². The first-order valence-electron chi connectivity index (χ1n) is 13.0. The molecule has 3 rings (SSSR count). The molecule has 0 aromatic heterocycles. The van der Waals surface area contributed by atoms with Gasteiger partial charge in [0.2, 0.25) is 11.8 Å². The van der Waals surface area contributed by atoms with Crippen LogP contribution in [0.25, 0.3) is 0 Å². The lowest BCUT2D eigenvalue weighted by Crippen LogP contribution is -2.53. The molecule has 0 aliphatic carbocycles. The molecular formula is C30H36ClN3O5S. The molecule has 0 aliphatic heterocycles. The van der Waals surface area contributed by atoms with Crippen LogP contribution in [0.5, 0.6) is 5.75 Å². The van der Waals surface area contributed by atoms with Gasteiger partial charge in [-0.15, -0.1) is 0 Å². The lowest BCUT2D eigenvalue weighted by molar-refractivity contribution is -0.140. The Morgan fingerprint density at radius 3 is 2.27 bits per heavy atom. The zero-order chi connectivity index (χ0) is 29.4. The number of anilines is 1. The summed E-state index contributed by atoms with van der Waals surface area (Å²) in [6.45, 7) is 6.93. The van der Waals surface area contributed by atoms with Crippen LogP contribution in [0, 0.1) is 6.92 Å². The largest absolute Gasteiger partial charge is 0.497 e. The maximum atomic E-state index is 14.1. The van der Waals surface area contributed by atoms with E-state index in [1.807, 2.05) is 39.8 Å². The van der Waals surface area contributed by atoms with Crippen LogP contribution in [0.3, 0.4) is 0 Å². The third kappa shape index (κ3) is 7.76. The number of amides is 2. The van der Waals surface area contributed by atoms with Crippen molar-refractivity contribution in [2.45, 2.75) is 57.6 Å². The summed E-state index contributed by atoms with van der Waals surface area (Å²) in [5.74, 6) is -0.222. The fraction of sp³-hybridized carbons (Fsp3) is 0.333. The number of hydrogen-bond acceptors (Lipinski definition) is 5. The second kappa shape index (κ2) is 13.7. The third-order valence-corrected chi connectivity index (χ3v) is 8.31. The average Bonchev–Trinajstić information content (AvgIpc) is 2.91. The van der Waals surface area contributed by atoms with Crippen molar-refractivity contribution in [3.05, 3.63) is 88.9 Å². The Hall–Kier alpha value is -3.56. The lowest BCUT2D eigenvalue weighted by Gasteiger charge is -2.33. The van der Waals surface area contributed by atoms with Gasteiger partial charge in [0.1, 0.15) is 18.3 Å². The Morgan fingerprint density at radius 2 is 1.68 bits per heavy atom. The van der Waals surface area contributed by atoms with Crippen molar-refractivity contribution in [3.63, 3.8) is 0 Å². The van der Waals surface area contributed by atoms with Gasteiger partial charge in [-0.3, -0.25) is 13.9 Å². The molecule has 0 heterocycles. The van der Waals surface area contributed by atoms with Gasteiger partial charge >= 0.3 is 0 Å². The van der Waals surface area contributed by atoms with Crippen LogP contribution in [-0.2, 0) is 26.2 Å². The van der Waals surface area contributed by atoms with Gasteiger partial charge < -0.3 is 15.0 Å². The maximum Gasteiger partial charge on any atom is 0.264 e. The molecule has 1 N–H and O–H groups in total. The van der Waals surface area contributed by atoms with Crippen molar-refractivity contribution in [1.29, 1.82) is 0 Å². The standard InChI is InChI=1S/C30H36ClN3O5S/c1-6-28(30(36)32-21(2)3)33(19-23-10-8-12-26(18-23)39-5)29(35)20-34(25-11-7-9-22(4)17-25)40(37,38)27-15-13-24(31)14-16-27/h7-18,21,28H,6,19-20H2,1-5H3,(H,32,36). The summed E-state index contributed by atoms with van der Waals surface area (Å²) < 4.78 is 34.2. The molecule has 3 aromatic carbocycles. The molecule has 0 saturated heterocycles. The minimum atomic E-state index is -4.16. The molecule has 0 aliphatic rings. The molecule has 2 amide bonds. The van der Waals surface area contributed by atoms with Gasteiger partial charge in [0.15, 0.2) is 0 Å². The summed E-state index contributed by atoms with van der Waals surface area (Å²) in [7, 11) is -2.61. The van der Waals surface area contributed by atoms with E-state index in [1.165, 1.54) is 29.2 Å². The van der Waals surface area contributed by atoms with Crippen LogP contribution in [0.2, 0.25) is 5.02 Å². The number of ether oxygens (including phenoxy) is 1. The van der Waals surface area contributed by atoms with Crippen molar-refractivity contribution in [2.24, 2.45) is 0 Å². The quantitative estimate of drug-likeness (QED) is 0.316. The minimum Gasteiger partial charge on any atom is -0.497 e. The van der Waals surface area contributed by atoms with Gasteiger partial charge in [-0.25, -0.2) is 8.42 Å². The van der Waals surface area contributed by atoms with E-state index in [9.17, 15) is 18.0 Å². The van der Waals surface area contributed by atoms with E-state index >= 15 is 0 Å². The zero-order valence-corrected chi connectivity index (χ0v) is 25.0. The SMILES string of the molecule is CCC(C(=O)NC(C)C)N(Cc1cccc(OC)c1)C(=O)CN(c1cccc(C)c1)S(=O)(=O)c1ccc(Cl)cc1. The second-order valence-electron chi connectivity index (χ2n) is 9.77. The molecule has 10 heteroatoms. The highest BCUT2D eigenvalue weighted by Crippen LogP contribution is 2.27. The highest BCUT2D eigenvalue weighted by Gasteiger charge is 2.34. The smallest absolute Gasteiger partial charge is 0.264 e. The first-order valence-corrected chi connectivity index (χ1v) is 14.9. The van der Waals surface area contributed by atoms with Gasteiger partial charge in [0, 0.05) is 17.6 Å². The summed E-state index contributed by atoms with van der Waals surface area (Å²) in [5, 5.41) is 3.28. The number of nitrogens with zero attached hydrogens (tertiary/aromatic N) is 2. The van der Waals surface area contributed by atoms with E-state index in [-0.39, 0.29) is 23.4 Å². The number of rotatable bonds is 12. The van der Waals surface area contributed by atoms with Gasteiger partial charge in [0.05, 0.1) is 17.7 Å². The number of nitrogens with one attached hydrogen (secondary N) is 1. The highest BCUT2D eigenvalue weighted by atomic mass is 35.5. The summed E-state index contributed by atoms with van der Waals surface area (Å²) >= 11 is 6.00. The number of benzene rings is 3. The predicted molar refractivity (Wildman–Crippen MR) is 158 cm³/mol. The topological polar surface area (TPSA) is 96.0 Å². The maximum absolute atomic E-state index is 14.1. The Kier molecular flexibility index (Phi) is 10.6. The zero-order valence-electron chi connectivity index (χ0n) is 23.4. The number of aryl methyl sites for hydroxylation is 1. The van der Waals surface area contributed by atoms with Crippen molar-refractivity contribution >= 4 is 39.1 Å². The molecule has 0 radical (unpaired) electrons. The van der Waals surface area contributed by atoms with E-state index in [0.717, 1.165) is 15.4 Å². The first kappa shape index (κ1) is 31.0. The number of hydrogen-bond donors (Lipinski definition) is 1. The highest BCUT2D eigenvalue weighted by molar-refractivity contribution is 7.92. The van der Waals surface area contributed by atoms with Crippen molar-refractivity contribution in [2.75, 3.05) is 18.0 Å². The molecular weight excluding hydrogens is 550 g/mol. The lowest BCUT2D eigenvalue weighted by atomic mass is 10.1. The van der Waals surface area contributed by atoms with Crippen molar-refractivity contribution in [3.8, 4) is 5.75 Å². The van der Waals surface area contributed by atoms with E-state index in [4.69, 9.17) is 16.3 Å².